The van der Waals surface area contributed by atoms with Gasteiger partial charge in [0, 0.05) is 30.5 Å². The van der Waals surface area contributed by atoms with E-state index < -0.39 is 16.4 Å². The maximum absolute atomic E-state index is 12.8. The highest BCUT2D eigenvalue weighted by atomic mass is 35.5. The molecule has 40 heavy (non-hydrogen) atoms. The summed E-state index contributed by atoms with van der Waals surface area (Å²) in [6, 6.07) is 16.8. The molecule has 0 atom stereocenters. The lowest BCUT2D eigenvalue weighted by Gasteiger charge is -2.14. The molecule has 11 heteroatoms. The zero-order valence-corrected chi connectivity index (χ0v) is 23.5. The van der Waals surface area contributed by atoms with E-state index in [-0.39, 0.29) is 15.7 Å². The number of aromatic nitrogens is 3. The minimum absolute atomic E-state index is 0.00885. The van der Waals surface area contributed by atoms with Gasteiger partial charge in [0.15, 0.2) is 21.5 Å². The Balaban J connectivity index is 1.73. The molecule has 5 rings (SSSR count). The molecule has 0 aliphatic carbocycles. The Morgan fingerprint density at radius 2 is 1.68 bits per heavy atom. The molecule has 0 aliphatic rings. The zero-order valence-electron chi connectivity index (χ0n) is 21.9. The zero-order chi connectivity index (χ0) is 28.8. The Morgan fingerprint density at radius 3 is 2.33 bits per heavy atom. The molecule has 0 radical (unpaired) electrons. The molecule has 0 N–H and O–H groups in total. The van der Waals surface area contributed by atoms with Crippen molar-refractivity contribution in [2.24, 2.45) is 0 Å². The van der Waals surface area contributed by atoms with Crippen LogP contribution in [-0.4, -0.2) is 35.8 Å². The van der Waals surface area contributed by atoms with Crippen LogP contribution >= 0.6 is 11.6 Å². The molecule has 0 amide bonds. The summed E-state index contributed by atoms with van der Waals surface area (Å²) in [5.74, 6) is 1.35. The van der Waals surface area contributed by atoms with E-state index in [1.807, 2.05) is 48.9 Å². The highest BCUT2D eigenvalue weighted by Gasteiger charge is 2.22. The lowest BCUT2D eigenvalue weighted by Crippen LogP contribution is -2.02. The predicted octanol–water partition coefficient (Wildman–Crippen LogP) is 7.44. The number of sulfone groups is 1. The quantitative estimate of drug-likeness (QED) is 0.198. The third-order valence-corrected chi connectivity index (χ3v) is 7.66. The summed E-state index contributed by atoms with van der Waals surface area (Å²) in [5, 5.41) is -0.00885. The van der Waals surface area contributed by atoms with Gasteiger partial charge in [-0.3, -0.25) is 0 Å². The lowest BCUT2D eigenvalue weighted by atomic mass is 9.98. The lowest BCUT2D eigenvalue weighted by molar-refractivity contribution is -0.0497. The Hall–Kier alpha value is -4.02. The molecule has 0 aliphatic heterocycles. The first-order valence-corrected chi connectivity index (χ1v) is 14.4. The second kappa shape index (κ2) is 10.5. The van der Waals surface area contributed by atoms with Gasteiger partial charge in [0.1, 0.15) is 17.3 Å². The van der Waals surface area contributed by atoms with Gasteiger partial charge in [-0.25, -0.2) is 18.4 Å². The van der Waals surface area contributed by atoms with Gasteiger partial charge < -0.3 is 13.7 Å². The van der Waals surface area contributed by atoms with Gasteiger partial charge in [0.25, 0.3) is 0 Å². The van der Waals surface area contributed by atoms with Crippen LogP contribution in [0, 0.1) is 20.8 Å². The fraction of sp³-hybridized carbons (Fsp3) is 0.172. The van der Waals surface area contributed by atoms with Crippen molar-refractivity contribution in [2.75, 3.05) is 6.26 Å². The average molecular weight is 584 g/mol. The smallest absolute Gasteiger partial charge is 0.387 e. The molecule has 0 bridgehead atoms. The van der Waals surface area contributed by atoms with Crippen molar-refractivity contribution in [3.63, 3.8) is 0 Å². The minimum atomic E-state index is -3.41. The summed E-state index contributed by atoms with van der Waals surface area (Å²) in [5.41, 5.74) is 4.72. The van der Waals surface area contributed by atoms with Crippen molar-refractivity contribution in [3.05, 3.63) is 89.3 Å². The normalized spacial score (nSPS) is 11.8. The topological polar surface area (TPSA) is 87.2 Å². The van der Waals surface area contributed by atoms with Gasteiger partial charge in [-0.05, 0) is 67.4 Å². The average Bonchev–Trinajstić information content (AvgIpc) is 3.45. The molecule has 5 aromatic rings. The molecule has 2 heterocycles. The van der Waals surface area contributed by atoms with Crippen molar-refractivity contribution in [3.8, 4) is 45.1 Å². The third kappa shape index (κ3) is 5.50. The summed E-state index contributed by atoms with van der Waals surface area (Å²) in [4.78, 5) is 9.42. The van der Waals surface area contributed by atoms with Crippen LogP contribution in [0.25, 0.3) is 39.4 Å². The first kappa shape index (κ1) is 27.5. The van der Waals surface area contributed by atoms with E-state index in [0.29, 0.717) is 34.0 Å². The Labute approximate surface area is 235 Å². The molecule has 2 aromatic heterocycles. The Bertz CT molecular complexity index is 1850. The van der Waals surface area contributed by atoms with Crippen LogP contribution in [0.3, 0.4) is 0 Å². The summed E-state index contributed by atoms with van der Waals surface area (Å²) in [6.45, 7) is 2.47. The van der Waals surface area contributed by atoms with Crippen LogP contribution in [0.2, 0.25) is 5.02 Å². The third-order valence-electron chi connectivity index (χ3n) is 6.25. The van der Waals surface area contributed by atoms with Gasteiger partial charge in [0.05, 0.1) is 21.3 Å². The van der Waals surface area contributed by atoms with Crippen LogP contribution < -0.4 is 4.74 Å². The summed E-state index contributed by atoms with van der Waals surface area (Å²) in [7, 11) is -3.41. The number of oxazole rings is 1. The molecule has 0 saturated heterocycles. The van der Waals surface area contributed by atoms with E-state index >= 15 is 0 Å². The maximum atomic E-state index is 12.8. The van der Waals surface area contributed by atoms with Crippen LogP contribution in [0.4, 0.5) is 8.78 Å². The van der Waals surface area contributed by atoms with Crippen molar-refractivity contribution >= 4 is 21.4 Å². The molecule has 0 spiro atoms. The van der Waals surface area contributed by atoms with Crippen LogP contribution in [0.5, 0.6) is 5.75 Å². The Kier molecular flexibility index (Phi) is 7.24. The molecule has 0 unspecified atom stereocenters. The van der Waals surface area contributed by atoms with Crippen molar-refractivity contribution < 1.29 is 26.4 Å². The fourth-order valence-electron chi connectivity index (χ4n) is 4.52. The number of imidazole rings is 1. The Morgan fingerprint density at radius 1 is 0.950 bits per heavy atom. The predicted molar refractivity (Wildman–Crippen MR) is 149 cm³/mol. The number of ether oxygens (including phenoxy) is 1. The van der Waals surface area contributed by atoms with E-state index in [9.17, 15) is 17.2 Å². The van der Waals surface area contributed by atoms with Gasteiger partial charge in [-0.2, -0.15) is 8.78 Å². The van der Waals surface area contributed by atoms with Crippen molar-refractivity contribution in [2.45, 2.75) is 32.3 Å². The molecular weight excluding hydrogens is 560 g/mol. The van der Waals surface area contributed by atoms with Gasteiger partial charge in [-0.1, -0.05) is 29.8 Å². The summed E-state index contributed by atoms with van der Waals surface area (Å²) < 4.78 is 62.4. The first-order chi connectivity index (χ1) is 18.9. The highest BCUT2D eigenvalue weighted by molar-refractivity contribution is 7.90. The maximum Gasteiger partial charge on any atom is 0.387 e. The van der Waals surface area contributed by atoms with Crippen LogP contribution in [0.15, 0.2) is 76.2 Å². The number of benzene rings is 3. The summed E-state index contributed by atoms with van der Waals surface area (Å²) >= 11 is 6.25. The molecular formula is C29H24ClF2N3O4S. The first-order valence-electron chi connectivity index (χ1n) is 12.1. The van der Waals surface area contributed by atoms with E-state index in [2.05, 4.69) is 14.7 Å². The fourth-order valence-corrected chi connectivity index (χ4v) is 5.41. The van der Waals surface area contributed by atoms with E-state index in [1.165, 1.54) is 12.1 Å². The number of hydrogen-bond donors (Lipinski definition) is 0. The van der Waals surface area contributed by atoms with E-state index in [4.69, 9.17) is 16.0 Å². The van der Waals surface area contributed by atoms with E-state index in [0.717, 1.165) is 29.0 Å². The number of aryl methyl sites for hydroxylation is 3. The molecule has 3 aromatic carbocycles. The van der Waals surface area contributed by atoms with Gasteiger partial charge in [0.2, 0.25) is 0 Å². The standard InChI is InChI=1S/C29H24ClF2N3O4S/c1-16-15-35(17(2)33-16)25-10-8-20(19-6-5-7-22(12-19)40(4,36)37)13-23(25)27-28(38-18(3)34-27)21-9-11-26(24(30)14-21)39-29(31)32/h5-15,29H,1-4H3. The summed E-state index contributed by atoms with van der Waals surface area (Å²) in [6.07, 6.45) is 3.07. The monoisotopic (exact) mass is 583 g/mol. The largest absolute Gasteiger partial charge is 0.440 e. The number of nitrogens with zero attached hydrogens (tertiary/aromatic N) is 3. The number of alkyl halides is 2. The minimum Gasteiger partial charge on any atom is -0.440 e. The number of rotatable bonds is 7. The second-order valence-electron chi connectivity index (χ2n) is 9.27. The van der Waals surface area contributed by atoms with Gasteiger partial charge in [-0.15, -0.1) is 0 Å². The van der Waals surface area contributed by atoms with Crippen molar-refractivity contribution in [1.82, 2.24) is 14.5 Å². The molecule has 0 saturated carbocycles. The van der Waals surface area contributed by atoms with Gasteiger partial charge >= 0.3 is 6.61 Å². The number of halogens is 3. The second-order valence-corrected chi connectivity index (χ2v) is 11.7. The molecule has 206 valence electrons. The van der Waals surface area contributed by atoms with E-state index in [1.54, 1.807) is 31.2 Å². The molecule has 0 fully saturated rings. The van der Waals surface area contributed by atoms with Crippen LogP contribution in [0.1, 0.15) is 17.4 Å². The molecule has 7 nitrogen and oxygen atoms in total. The number of hydrogen-bond acceptors (Lipinski definition) is 6. The highest BCUT2D eigenvalue weighted by Crippen LogP contribution is 2.40. The van der Waals surface area contributed by atoms with Crippen molar-refractivity contribution in [1.29, 1.82) is 0 Å². The van der Waals surface area contributed by atoms with Crippen LogP contribution in [-0.2, 0) is 9.84 Å². The SMILES string of the molecule is Cc1cn(-c2ccc(-c3cccc(S(C)(=O)=O)c3)cc2-c2nc(C)oc2-c2ccc(OC(F)F)c(Cl)c2)c(C)n1.